The Hall–Kier alpha value is -3.44. The van der Waals surface area contributed by atoms with Gasteiger partial charge < -0.3 is 5.11 Å². The van der Waals surface area contributed by atoms with E-state index >= 15 is 0 Å². The van der Waals surface area contributed by atoms with E-state index in [1.165, 1.54) is 12.1 Å². The molecule has 0 spiro atoms. The molecule has 13 heteroatoms. The van der Waals surface area contributed by atoms with Gasteiger partial charge in [-0.3, -0.25) is 19.5 Å². The number of hydrogen-bond acceptors (Lipinski definition) is 6. The quantitative estimate of drug-likeness (QED) is 0.464. The van der Waals surface area contributed by atoms with Crippen molar-refractivity contribution in [2.24, 2.45) is 0 Å². The summed E-state index contributed by atoms with van der Waals surface area (Å²) in [6.45, 7) is 8.51. The normalized spacial score (nSPS) is 11.7. The highest BCUT2D eigenvalue weighted by Crippen LogP contribution is 2.30. The van der Waals surface area contributed by atoms with Gasteiger partial charge in [0.05, 0.1) is 11.4 Å². The van der Waals surface area contributed by atoms with Crippen molar-refractivity contribution in [2.45, 2.75) is 52.5 Å². The Morgan fingerprint density at radius 3 is 2.23 bits per heavy atom. The molecular weight excluding hydrogens is 499 g/mol. The molecule has 3 rings (SSSR count). The number of nitrogens with one attached hydrogen (secondary N) is 2. The molecule has 0 fully saturated rings. The molecule has 2 aromatic heterocycles. The second kappa shape index (κ2) is 9.67. The Bertz CT molecular complexity index is 1450. The van der Waals surface area contributed by atoms with Crippen LogP contribution in [0.1, 0.15) is 57.4 Å². The number of aromatic nitrogens is 5. The Kier molecular flexibility index (Phi) is 7.23. The number of H-pyrrole nitrogens is 2. The van der Waals surface area contributed by atoms with Gasteiger partial charge in [-0.15, -0.1) is 5.10 Å². The summed E-state index contributed by atoms with van der Waals surface area (Å²) in [6, 6.07) is 4.50. The summed E-state index contributed by atoms with van der Waals surface area (Å²) in [5.41, 5.74) is -1.45. The fourth-order valence-corrected chi connectivity index (χ4v) is 4.06. The maximum absolute atomic E-state index is 12.5. The van der Waals surface area contributed by atoms with Crippen LogP contribution in [0.3, 0.4) is 0 Å². The monoisotopic (exact) mass is 522 g/mol. The number of amides is 1. The van der Waals surface area contributed by atoms with E-state index in [1.807, 2.05) is 13.8 Å². The van der Waals surface area contributed by atoms with Crippen molar-refractivity contribution in [1.82, 2.24) is 25.0 Å². The lowest BCUT2D eigenvalue weighted by atomic mass is 10.0. The maximum atomic E-state index is 12.5. The van der Waals surface area contributed by atoms with E-state index in [4.69, 9.17) is 23.2 Å². The zero-order chi connectivity index (χ0) is 26.2. The van der Waals surface area contributed by atoms with Crippen LogP contribution in [0.5, 0.6) is 0 Å². The van der Waals surface area contributed by atoms with Crippen LogP contribution in [0.2, 0.25) is 10.0 Å². The Morgan fingerprint density at radius 1 is 1.11 bits per heavy atom. The molecule has 1 aromatic carbocycles. The first-order valence-corrected chi connectivity index (χ1v) is 11.3. The van der Waals surface area contributed by atoms with E-state index in [2.05, 4.69) is 20.3 Å². The number of anilines is 1. The lowest BCUT2D eigenvalue weighted by molar-refractivity contribution is 0.195. The smallest absolute Gasteiger partial charge is 0.413 e. The van der Waals surface area contributed by atoms with Crippen molar-refractivity contribution < 1.29 is 9.90 Å². The van der Waals surface area contributed by atoms with E-state index in [0.29, 0.717) is 16.8 Å². The van der Waals surface area contributed by atoms with Gasteiger partial charge in [0, 0.05) is 27.6 Å². The zero-order valence-electron chi connectivity index (χ0n) is 19.6. The highest BCUT2D eigenvalue weighted by atomic mass is 35.5. The van der Waals surface area contributed by atoms with Crippen LogP contribution in [0.25, 0.3) is 5.69 Å². The lowest BCUT2D eigenvalue weighted by Crippen LogP contribution is -2.50. The van der Waals surface area contributed by atoms with Crippen molar-refractivity contribution in [2.75, 3.05) is 4.90 Å². The number of carbonyl (C=O) groups is 1. The molecule has 0 unspecified atom stereocenters. The molecule has 11 nitrogen and oxygen atoms in total. The van der Waals surface area contributed by atoms with E-state index in [9.17, 15) is 24.3 Å². The van der Waals surface area contributed by atoms with Gasteiger partial charge in [-0.2, -0.15) is 9.78 Å². The summed E-state index contributed by atoms with van der Waals surface area (Å²) in [5, 5.41) is 20.5. The number of rotatable bonds is 5. The van der Waals surface area contributed by atoms with Gasteiger partial charge in [-0.05, 0) is 50.5 Å². The van der Waals surface area contributed by atoms with E-state index in [0.717, 1.165) is 9.58 Å². The van der Waals surface area contributed by atoms with Crippen molar-refractivity contribution >= 4 is 35.1 Å². The third kappa shape index (κ3) is 5.46. The van der Waals surface area contributed by atoms with Crippen LogP contribution in [-0.4, -0.2) is 41.7 Å². The predicted octanol–water partition coefficient (Wildman–Crippen LogP) is 3.31. The van der Waals surface area contributed by atoms with E-state index in [-0.39, 0.29) is 33.6 Å². The first-order chi connectivity index (χ1) is 16.2. The molecule has 3 aromatic rings. The van der Waals surface area contributed by atoms with Gasteiger partial charge in [0.2, 0.25) is 5.82 Å². The first kappa shape index (κ1) is 26.2. The molecule has 0 radical (unpaired) electrons. The molecule has 35 heavy (non-hydrogen) atoms. The molecule has 186 valence electrons. The maximum Gasteiger partial charge on any atom is 0.413 e. The minimum atomic E-state index is -1.42. The van der Waals surface area contributed by atoms with Crippen LogP contribution >= 0.6 is 23.2 Å². The second-order valence-corrected chi connectivity index (χ2v) is 9.96. The SMILES string of the molecule is CC(C)c1cc(Cc2c(Cl)cc(-n3nc(N(C(=O)O)C(C)(C)C)c(=O)[nH]c3=O)cc2Cl)n[nH]c1=O. The Morgan fingerprint density at radius 2 is 1.71 bits per heavy atom. The number of halogens is 2. The van der Waals surface area contributed by atoms with Crippen molar-refractivity contribution in [3.8, 4) is 5.69 Å². The summed E-state index contributed by atoms with van der Waals surface area (Å²) in [5.74, 6) is -0.501. The van der Waals surface area contributed by atoms with E-state index in [1.54, 1.807) is 26.8 Å². The highest BCUT2D eigenvalue weighted by Gasteiger charge is 2.32. The minimum absolute atomic E-state index is 0.0142. The summed E-state index contributed by atoms with van der Waals surface area (Å²) in [7, 11) is 0. The Labute approximate surface area is 209 Å². The van der Waals surface area contributed by atoms with Gasteiger partial charge in [0.15, 0.2) is 0 Å². The fraction of sp³-hybridized carbons (Fsp3) is 0.364. The zero-order valence-corrected chi connectivity index (χ0v) is 21.2. The van der Waals surface area contributed by atoms with Crippen molar-refractivity contribution in [3.05, 3.63) is 76.3 Å². The number of nitrogens with zero attached hydrogens (tertiary/aromatic N) is 4. The summed E-state index contributed by atoms with van der Waals surface area (Å²) in [4.78, 5) is 51.5. The summed E-state index contributed by atoms with van der Waals surface area (Å²) in [6.07, 6.45) is -1.22. The average Bonchev–Trinajstić information content (AvgIpc) is 2.72. The minimum Gasteiger partial charge on any atom is -0.465 e. The number of aromatic amines is 2. The van der Waals surface area contributed by atoms with Crippen LogP contribution < -0.4 is 21.7 Å². The molecule has 0 atom stereocenters. The average molecular weight is 523 g/mol. The van der Waals surface area contributed by atoms with Gasteiger partial charge in [-0.1, -0.05) is 37.0 Å². The van der Waals surface area contributed by atoms with Gasteiger partial charge in [-0.25, -0.2) is 14.7 Å². The van der Waals surface area contributed by atoms with Crippen LogP contribution in [0.4, 0.5) is 10.6 Å². The molecule has 0 bridgehead atoms. The summed E-state index contributed by atoms with van der Waals surface area (Å²) >= 11 is 12.9. The van der Waals surface area contributed by atoms with Crippen LogP contribution in [-0.2, 0) is 6.42 Å². The van der Waals surface area contributed by atoms with Crippen molar-refractivity contribution in [1.29, 1.82) is 0 Å². The molecule has 3 N–H and O–H groups in total. The molecule has 0 saturated carbocycles. The first-order valence-electron chi connectivity index (χ1n) is 10.5. The van der Waals surface area contributed by atoms with Crippen molar-refractivity contribution in [3.63, 3.8) is 0 Å². The van der Waals surface area contributed by atoms with Crippen LogP contribution in [0.15, 0.2) is 32.6 Å². The third-order valence-corrected chi connectivity index (χ3v) is 5.79. The predicted molar refractivity (Wildman–Crippen MR) is 132 cm³/mol. The number of benzene rings is 1. The molecular formula is C22H24Cl2N6O5. The largest absolute Gasteiger partial charge is 0.465 e. The van der Waals surface area contributed by atoms with Gasteiger partial charge in [0.1, 0.15) is 0 Å². The molecule has 0 aliphatic heterocycles. The molecule has 0 saturated heterocycles. The second-order valence-electron chi connectivity index (χ2n) is 9.15. The van der Waals surface area contributed by atoms with Gasteiger partial charge >= 0.3 is 11.8 Å². The molecule has 0 aliphatic rings. The third-order valence-electron chi connectivity index (χ3n) is 5.12. The molecule has 2 heterocycles. The molecule has 0 aliphatic carbocycles. The highest BCUT2D eigenvalue weighted by molar-refractivity contribution is 6.36. The number of carboxylic acid groups (broad SMARTS) is 1. The number of hydrogen-bond donors (Lipinski definition) is 3. The lowest BCUT2D eigenvalue weighted by Gasteiger charge is -2.31. The van der Waals surface area contributed by atoms with Crippen LogP contribution in [0, 0.1) is 0 Å². The summed E-state index contributed by atoms with van der Waals surface area (Å²) < 4.78 is 0.815. The Balaban J connectivity index is 2.10. The standard InChI is InChI=1S/C22H24Cl2N6O5/c1-10(2)13-6-11(26-27-18(13)31)7-14-15(23)8-12(9-16(14)24)30-20(33)25-19(32)17(28-30)29(21(34)35)22(3,4)5/h6,8-10H,7H2,1-5H3,(H,27,31)(H,34,35)(H,25,32,33). The van der Waals surface area contributed by atoms with E-state index < -0.39 is 28.7 Å². The van der Waals surface area contributed by atoms with Gasteiger partial charge in [0.25, 0.3) is 11.1 Å². The topological polar surface area (TPSA) is 154 Å². The fourth-order valence-electron chi connectivity index (χ4n) is 3.45. The molecule has 1 amide bonds.